The number of fused-ring (bicyclic) bond motifs is 1. The quantitative estimate of drug-likeness (QED) is 0.770. The Labute approximate surface area is 151 Å². The number of hydrogen-bond donors (Lipinski definition) is 1. The Kier molecular flexibility index (Phi) is 7.19. The third kappa shape index (κ3) is 4.34. The molecule has 0 fully saturated rings. The first kappa shape index (κ1) is 18.9. The lowest BCUT2D eigenvalue weighted by molar-refractivity contribution is 0.390. The maximum Gasteiger partial charge on any atom is 0.119 e. The number of rotatable bonds is 7. The van der Waals surface area contributed by atoms with Crippen molar-refractivity contribution in [2.24, 2.45) is 0 Å². The molecule has 24 heavy (non-hydrogen) atoms. The maximum absolute atomic E-state index is 5.70. The molecular formula is C20H28ClNO2. The summed E-state index contributed by atoms with van der Waals surface area (Å²) in [6, 6.07) is 10.7. The Bertz CT molecular complexity index is 612. The third-order valence-electron chi connectivity index (χ3n) is 4.94. The van der Waals surface area contributed by atoms with E-state index in [4.69, 9.17) is 9.15 Å². The summed E-state index contributed by atoms with van der Waals surface area (Å²) in [4.78, 5) is 0. The summed E-state index contributed by atoms with van der Waals surface area (Å²) in [6.45, 7) is 4.13. The fourth-order valence-electron chi connectivity index (χ4n) is 3.75. The van der Waals surface area contributed by atoms with Gasteiger partial charge in [-0.3, -0.25) is 0 Å². The molecule has 2 aromatic rings. The molecule has 1 aliphatic carbocycles. The average molecular weight is 350 g/mol. The van der Waals surface area contributed by atoms with Gasteiger partial charge in [-0.05, 0) is 73.5 Å². The molecule has 0 saturated heterocycles. The van der Waals surface area contributed by atoms with Crippen molar-refractivity contribution < 1.29 is 9.15 Å². The fraction of sp³-hybridized carbons (Fsp3) is 0.500. The number of nitrogens with one attached hydrogen (secondary N) is 1. The first-order valence-electron chi connectivity index (χ1n) is 8.72. The second-order valence-electron chi connectivity index (χ2n) is 6.41. The van der Waals surface area contributed by atoms with Crippen LogP contribution in [-0.4, -0.2) is 20.2 Å². The number of aryl methyl sites for hydroxylation is 1. The minimum atomic E-state index is 0. The minimum Gasteiger partial charge on any atom is -0.497 e. The maximum atomic E-state index is 5.70. The monoisotopic (exact) mass is 349 g/mol. The van der Waals surface area contributed by atoms with Crippen LogP contribution < -0.4 is 10.1 Å². The van der Waals surface area contributed by atoms with E-state index in [0.29, 0.717) is 11.8 Å². The summed E-state index contributed by atoms with van der Waals surface area (Å²) in [6.07, 6.45) is 6.62. The largest absolute Gasteiger partial charge is 0.497 e. The molecule has 0 saturated carbocycles. The number of likely N-dealkylation sites (N-methyl/N-ethyl adjacent to an activating group) is 1. The van der Waals surface area contributed by atoms with Crippen molar-refractivity contribution in [2.45, 2.75) is 44.4 Å². The molecule has 4 heteroatoms. The lowest BCUT2D eigenvalue weighted by atomic mass is 9.77. The Morgan fingerprint density at radius 3 is 2.92 bits per heavy atom. The van der Waals surface area contributed by atoms with Gasteiger partial charge in [-0.15, -0.1) is 12.4 Å². The van der Waals surface area contributed by atoms with Gasteiger partial charge in [0.15, 0.2) is 0 Å². The van der Waals surface area contributed by atoms with Gasteiger partial charge < -0.3 is 14.5 Å². The normalized spacial score (nSPS) is 17.7. The highest BCUT2D eigenvalue weighted by Crippen LogP contribution is 2.39. The summed E-state index contributed by atoms with van der Waals surface area (Å²) in [5.41, 5.74) is 2.97. The number of halogens is 1. The molecule has 1 aliphatic rings. The van der Waals surface area contributed by atoms with Crippen LogP contribution in [-0.2, 0) is 6.42 Å². The van der Waals surface area contributed by atoms with Crippen molar-refractivity contribution in [3.8, 4) is 5.75 Å². The number of benzene rings is 1. The van der Waals surface area contributed by atoms with Gasteiger partial charge in [0, 0.05) is 12.5 Å². The summed E-state index contributed by atoms with van der Waals surface area (Å²) in [7, 11) is 1.74. The predicted molar refractivity (Wildman–Crippen MR) is 101 cm³/mol. The van der Waals surface area contributed by atoms with Crippen molar-refractivity contribution in [3.05, 3.63) is 53.5 Å². The van der Waals surface area contributed by atoms with Crippen molar-refractivity contribution >= 4 is 12.4 Å². The molecule has 1 aromatic carbocycles. The Balaban J connectivity index is 0.00000208. The van der Waals surface area contributed by atoms with E-state index >= 15 is 0 Å². The number of ether oxygens (including phenoxy) is 1. The van der Waals surface area contributed by atoms with Crippen LogP contribution in [0.1, 0.15) is 54.9 Å². The van der Waals surface area contributed by atoms with Crippen LogP contribution in [0.5, 0.6) is 5.75 Å². The van der Waals surface area contributed by atoms with Crippen LogP contribution in [0.4, 0.5) is 0 Å². The van der Waals surface area contributed by atoms with Gasteiger partial charge in [0.25, 0.3) is 0 Å². The second kappa shape index (κ2) is 9.14. The third-order valence-corrected chi connectivity index (χ3v) is 4.94. The Hall–Kier alpha value is -1.45. The van der Waals surface area contributed by atoms with E-state index in [9.17, 15) is 0 Å². The van der Waals surface area contributed by atoms with E-state index in [1.807, 2.05) is 6.07 Å². The molecule has 0 spiro atoms. The van der Waals surface area contributed by atoms with Gasteiger partial charge in [0.05, 0.1) is 13.4 Å². The first-order chi connectivity index (χ1) is 11.3. The summed E-state index contributed by atoms with van der Waals surface area (Å²) < 4.78 is 11.1. The molecule has 0 bridgehead atoms. The molecule has 3 rings (SSSR count). The molecule has 2 atom stereocenters. The highest BCUT2D eigenvalue weighted by molar-refractivity contribution is 5.85. The van der Waals surface area contributed by atoms with Gasteiger partial charge >= 0.3 is 0 Å². The first-order valence-corrected chi connectivity index (χ1v) is 8.72. The van der Waals surface area contributed by atoms with E-state index < -0.39 is 0 Å². The molecule has 1 heterocycles. The van der Waals surface area contributed by atoms with Crippen LogP contribution >= 0.6 is 12.4 Å². The SMILES string of the molecule is CCNCC(CC1CCCc2cc(OC)ccc21)c1ccco1.Cl. The molecule has 2 unspecified atom stereocenters. The molecule has 0 radical (unpaired) electrons. The van der Waals surface area contributed by atoms with Crippen LogP contribution in [0, 0.1) is 0 Å². The van der Waals surface area contributed by atoms with E-state index in [1.54, 1.807) is 13.4 Å². The highest BCUT2D eigenvalue weighted by Gasteiger charge is 2.25. The molecule has 0 amide bonds. The summed E-state index contributed by atoms with van der Waals surface area (Å²) >= 11 is 0. The van der Waals surface area contributed by atoms with Crippen LogP contribution in [0.25, 0.3) is 0 Å². The van der Waals surface area contributed by atoms with Crippen molar-refractivity contribution in [1.82, 2.24) is 5.32 Å². The second-order valence-corrected chi connectivity index (χ2v) is 6.41. The van der Waals surface area contributed by atoms with E-state index in [-0.39, 0.29) is 12.4 Å². The molecule has 132 valence electrons. The lowest BCUT2D eigenvalue weighted by Crippen LogP contribution is -2.23. The zero-order chi connectivity index (χ0) is 16.1. The zero-order valence-electron chi connectivity index (χ0n) is 14.6. The predicted octanol–water partition coefficient (Wildman–Crippen LogP) is 4.91. The van der Waals surface area contributed by atoms with Crippen molar-refractivity contribution in [2.75, 3.05) is 20.2 Å². The molecule has 3 nitrogen and oxygen atoms in total. The summed E-state index contributed by atoms with van der Waals surface area (Å²) in [5.74, 6) is 3.12. The number of furan rings is 1. The molecular weight excluding hydrogens is 322 g/mol. The minimum absolute atomic E-state index is 0. The van der Waals surface area contributed by atoms with E-state index in [1.165, 1.54) is 30.4 Å². The number of methoxy groups -OCH3 is 1. The average Bonchev–Trinajstić information content (AvgIpc) is 3.12. The summed E-state index contributed by atoms with van der Waals surface area (Å²) in [5, 5.41) is 3.49. The zero-order valence-corrected chi connectivity index (χ0v) is 15.4. The van der Waals surface area contributed by atoms with Crippen LogP contribution in [0.15, 0.2) is 41.0 Å². The Morgan fingerprint density at radius 2 is 2.21 bits per heavy atom. The lowest BCUT2D eigenvalue weighted by Gasteiger charge is -2.29. The van der Waals surface area contributed by atoms with Crippen molar-refractivity contribution in [3.63, 3.8) is 0 Å². The highest BCUT2D eigenvalue weighted by atomic mass is 35.5. The van der Waals surface area contributed by atoms with E-state index in [2.05, 4.69) is 36.5 Å². The van der Waals surface area contributed by atoms with E-state index in [0.717, 1.165) is 31.0 Å². The van der Waals surface area contributed by atoms with Crippen LogP contribution in [0.3, 0.4) is 0 Å². The number of hydrogen-bond acceptors (Lipinski definition) is 3. The topological polar surface area (TPSA) is 34.4 Å². The van der Waals surface area contributed by atoms with Gasteiger partial charge in [0.1, 0.15) is 11.5 Å². The fourth-order valence-corrected chi connectivity index (χ4v) is 3.75. The van der Waals surface area contributed by atoms with Gasteiger partial charge in [-0.25, -0.2) is 0 Å². The molecule has 1 aromatic heterocycles. The molecule has 0 aliphatic heterocycles. The van der Waals surface area contributed by atoms with Gasteiger partial charge in [0.2, 0.25) is 0 Å². The molecule has 1 N–H and O–H groups in total. The van der Waals surface area contributed by atoms with Gasteiger partial charge in [-0.2, -0.15) is 0 Å². The smallest absolute Gasteiger partial charge is 0.119 e. The Morgan fingerprint density at radius 1 is 1.33 bits per heavy atom. The van der Waals surface area contributed by atoms with Gasteiger partial charge in [-0.1, -0.05) is 13.0 Å². The van der Waals surface area contributed by atoms with Crippen molar-refractivity contribution in [1.29, 1.82) is 0 Å². The van der Waals surface area contributed by atoms with Crippen LogP contribution in [0.2, 0.25) is 0 Å². The standard InChI is InChI=1S/C20H27NO2.ClH/c1-3-21-14-17(20-8-5-11-23-20)12-15-6-4-7-16-13-18(22-2)9-10-19(15)16;/h5,8-11,13,15,17,21H,3-4,6-7,12,14H2,1-2H3;1H.